The second-order valence-corrected chi connectivity index (χ2v) is 7.55. The second-order valence-electron chi connectivity index (χ2n) is 7.55. The van der Waals surface area contributed by atoms with Gasteiger partial charge in [0.05, 0.1) is 10.9 Å². The van der Waals surface area contributed by atoms with Gasteiger partial charge in [-0.1, -0.05) is 35.5 Å². The minimum Gasteiger partial charge on any atom is -0.349 e. The van der Waals surface area contributed by atoms with E-state index in [0.717, 1.165) is 24.1 Å². The van der Waals surface area contributed by atoms with Crippen molar-refractivity contribution in [2.45, 2.75) is 44.6 Å². The summed E-state index contributed by atoms with van der Waals surface area (Å²) in [7, 11) is 0. The van der Waals surface area contributed by atoms with Crippen LogP contribution < -0.4 is 5.32 Å². The Morgan fingerprint density at radius 3 is 2.65 bits per heavy atom. The van der Waals surface area contributed by atoms with Crippen LogP contribution >= 0.6 is 0 Å². The number of carbonyl (C=O) groups excluding carboxylic acids is 1. The highest BCUT2D eigenvalue weighted by molar-refractivity contribution is 6.09. The number of nitrogens with zero attached hydrogens (tertiary/aromatic N) is 2. The standard InChI is InChI=1S/C21H21N3O2/c1-12(13-7-8-13)22-20(25)16-11-17(14-9-10-14)23-21-18(16)19(24-26-21)15-5-3-2-4-6-15/h2-6,11-14H,7-10H2,1H3,(H,22,25)/t12-/m0/s1. The van der Waals surface area contributed by atoms with Gasteiger partial charge in [0.2, 0.25) is 0 Å². The topological polar surface area (TPSA) is 68.0 Å². The molecule has 3 aromatic rings. The summed E-state index contributed by atoms with van der Waals surface area (Å²) >= 11 is 0. The molecule has 2 heterocycles. The number of pyridine rings is 1. The first-order chi connectivity index (χ1) is 12.7. The lowest BCUT2D eigenvalue weighted by Crippen LogP contribution is -2.34. The summed E-state index contributed by atoms with van der Waals surface area (Å²) in [5.41, 5.74) is 3.63. The summed E-state index contributed by atoms with van der Waals surface area (Å²) in [5, 5.41) is 8.12. The van der Waals surface area contributed by atoms with Crippen LogP contribution in [0, 0.1) is 5.92 Å². The van der Waals surface area contributed by atoms with Gasteiger partial charge in [-0.05, 0) is 44.6 Å². The summed E-state index contributed by atoms with van der Waals surface area (Å²) in [4.78, 5) is 17.7. The molecule has 0 spiro atoms. The maximum Gasteiger partial charge on any atom is 0.259 e. The Morgan fingerprint density at radius 1 is 1.19 bits per heavy atom. The number of aromatic nitrogens is 2. The summed E-state index contributed by atoms with van der Waals surface area (Å²) < 4.78 is 5.54. The van der Waals surface area contributed by atoms with Crippen molar-refractivity contribution < 1.29 is 9.32 Å². The highest BCUT2D eigenvalue weighted by Gasteiger charge is 2.32. The van der Waals surface area contributed by atoms with Crippen molar-refractivity contribution in [3.63, 3.8) is 0 Å². The van der Waals surface area contributed by atoms with E-state index in [4.69, 9.17) is 4.52 Å². The number of hydrogen-bond donors (Lipinski definition) is 1. The van der Waals surface area contributed by atoms with E-state index in [2.05, 4.69) is 22.4 Å². The quantitative estimate of drug-likeness (QED) is 0.747. The molecule has 0 unspecified atom stereocenters. The number of rotatable bonds is 5. The number of fused-ring (bicyclic) bond motifs is 1. The summed E-state index contributed by atoms with van der Waals surface area (Å²) in [6.45, 7) is 2.08. The van der Waals surface area contributed by atoms with Gasteiger partial charge in [0.15, 0.2) is 0 Å². The van der Waals surface area contributed by atoms with E-state index in [0.29, 0.717) is 34.2 Å². The molecular weight excluding hydrogens is 326 g/mol. The van der Waals surface area contributed by atoms with E-state index in [1.54, 1.807) is 0 Å². The van der Waals surface area contributed by atoms with Gasteiger partial charge in [-0.2, -0.15) is 0 Å². The smallest absolute Gasteiger partial charge is 0.259 e. The number of carbonyl (C=O) groups is 1. The van der Waals surface area contributed by atoms with Crippen molar-refractivity contribution in [1.29, 1.82) is 0 Å². The minimum absolute atomic E-state index is 0.0564. The van der Waals surface area contributed by atoms with Gasteiger partial charge in [0, 0.05) is 23.2 Å². The Morgan fingerprint density at radius 2 is 1.96 bits per heavy atom. The van der Waals surface area contributed by atoms with Crippen molar-refractivity contribution in [3.05, 3.63) is 47.7 Å². The van der Waals surface area contributed by atoms with Crippen LogP contribution in [-0.2, 0) is 0 Å². The molecule has 2 aliphatic carbocycles. The zero-order valence-electron chi connectivity index (χ0n) is 14.7. The van der Waals surface area contributed by atoms with E-state index >= 15 is 0 Å². The minimum atomic E-state index is -0.0564. The highest BCUT2D eigenvalue weighted by atomic mass is 16.5. The van der Waals surface area contributed by atoms with E-state index < -0.39 is 0 Å². The zero-order valence-corrected chi connectivity index (χ0v) is 14.7. The van der Waals surface area contributed by atoms with Crippen LogP contribution in [0.1, 0.15) is 54.6 Å². The van der Waals surface area contributed by atoms with E-state index in [-0.39, 0.29) is 11.9 Å². The molecule has 132 valence electrons. The first kappa shape index (κ1) is 15.6. The molecular formula is C21H21N3O2. The Hall–Kier alpha value is -2.69. The van der Waals surface area contributed by atoms with Gasteiger partial charge in [-0.25, -0.2) is 4.98 Å². The maximum atomic E-state index is 13.1. The van der Waals surface area contributed by atoms with Gasteiger partial charge < -0.3 is 9.84 Å². The van der Waals surface area contributed by atoms with Crippen LogP contribution in [0.3, 0.4) is 0 Å². The Balaban J connectivity index is 1.63. The van der Waals surface area contributed by atoms with Gasteiger partial charge in [0.25, 0.3) is 11.6 Å². The number of amides is 1. The van der Waals surface area contributed by atoms with Crippen LogP contribution in [0.2, 0.25) is 0 Å². The normalized spacial score (nSPS) is 18.0. The van der Waals surface area contributed by atoms with Gasteiger partial charge in [-0.3, -0.25) is 4.79 Å². The molecule has 2 aromatic heterocycles. The molecule has 0 radical (unpaired) electrons. The van der Waals surface area contributed by atoms with Crippen LogP contribution in [0.25, 0.3) is 22.4 Å². The number of benzene rings is 1. The fourth-order valence-electron chi connectivity index (χ4n) is 3.53. The molecule has 5 rings (SSSR count). The fourth-order valence-corrected chi connectivity index (χ4v) is 3.53. The van der Waals surface area contributed by atoms with Crippen LogP contribution in [-0.4, -0.2) is 22.1 Å². The molecule has 0 aliphatic heterocycles. The van der Waals surface area contributed by atoms with Gasteiger partial charge in [0.1, 0.15) is 5.69 Å². The van der Waals surface area contributed by atoms with E-state index in [9.17, 15) is 4.79 Å². The molecule has 1 amide bonds. The largest absolute Gasteiger partial charge is 0.349 e. The third-order valence-corrected chi connectivity index (χ3v) is 5.44. The molecule has 2 fully saturated rings. The fraction of sp³-hybridized carbons (Fsp3) is 0.381. The summed E-state index contributed by atoms with van der Waals surface area (Å²) in [5.74, 6) is 0.992. The lowest BCUT2D eigenvalue weighted by atomic mass is 10.0. The van der Waals surface area contributed by atoms with E-state index in [1.165, 1.54) is 12.8 Å². The van der Waals surface area contributed by atoms with E-state index in [1.807, 2.05) is 36.4 Å². The van der Waals surface area contributed by atoms with Crippen LogP contribution in [0.15, 0.2) is 40.9 Å². The van der Waals surface area contributed by atoms with Crippen LogP contribution in [0.4, 0.5) is 0 Å². The molecule has 26 heavy (non-hydrogen) atoms. The molecule has 2 aliphatic rings. The lowest BCUT2D eigenvalue weighted by molar-refractivity contribution is 0.0937. The van der Waals surface area contributed by atoms with Crippen molar-refractivity contribution in [2.24, 2.45) is 5.92 Å². The van der Waals surface area contributed by atoms with Gasteiger partial charge in [-0.15, -0.1) is 0 Å². The van der Waals surface area contributed by atoms with Crippen molar-refractivity contribution in [1.82, 2.24) is 15.5 Å². The van der Waals surface area contributed by atoms with Crippen molar-refractivity contribution in [2.75, 3.05) is 0 Å². The SMILES string of the molecule is C[C@H](NC(=O)c1cc(C2CC2)nc2onc(-c3ccccc3)c12)C1CC1. The van der Waals surface area contributed by atoms with Crippen molar-refractivity contribution in [3.8, 4) is 11.3 Å². The molecule has 5 nitrogen and oxygen atoms in total. The van der Waals surface area contributed by atoms with Gasteiger partial charge >= 0.3 is 0 Å². The number of hydrogen-bond acceptors (Lipinski definition) is 4. The van der Waals surface area contributed by atoms with Crippen molar-refractivity contribution >= 4 is 17.0 Å². The third-order valence-electron chi connectivity index (χ3n) is 5.44. The average Bonchev–Trinajstić information content (AvgIpc) is 3.57. The Kier molecular flexibility index (Phi) is 3.55. The molecule has 1 N–H and O–H groups in total. The lowest BCUT2D eigenvalue weighted by Gasteiger charge is -2.14. The Labute approximate surface area is 151 Å². The predicted octanol–water partition coefficient (Wildman–Crippen LogP) is 4.30. The monoisotopic (exact) mass is 347 g/mol. The maximum absolute atomic E-state index is 13.1. The predicted molar refractivity (Wildman–Crippen MR) is 98.9 cm³/mol. The third kappa shape index (κ3) is 2.77. The number of nitrogens with one attached hydrogen (secondary N) is 1. The first-order valence-corrected chi connectivity index (χ1v) is 9.37. The molecule has 0 bridgehead atoms. The average molecular weight is 347 g/mol. The highest BCUT2D eigenvalue weighted by Crippen LogP contribution is 2.41. The summed E-state index contributed by atoms with van der Waals surface area (Å²) in [6, 6.07) is 11.9. The van der Waals surface area contributed by atoms with Crippen LogP contribution in [0.5, 0.6) is 0 Å². The molecule has 2 saturated carbocycles. The molecule has 1 aromatic carbocycles. The molecule has 5 heteroatoms. The summed E-state index contributed by atoms with van der Waals surface area (Å²) in [6.07, 6.45) is 4.64. The molecule has 1 atom stereocenters. The zero-order chi connectivity index (χ0) is 17.7. The second kappa shape index (κ2) is 5.94. The molecule has 0 saturated heterocycles. The Bertz CT molecular complexity index is 972. The first-order valence-electron chi connectivity index (χ1n) is 9.37.